The zero-order chi connectivity index (χ0) is 26.9. The van der Waals surface area contributed by atoms with Crippen LogP contribution in [0.1, 0.15) is 0 Å². The standard InChI is InChI=1S/C24H14Br2Cl2N6O4/c1-31-8-5-7-20(12(26)19(8)34(4)23(31)35)38-22-14(28)17-21(13(27)16(22)29-7)37-10-6-9-18(11(25)15(10)30-17)33(3)24(36)32(9)2/h5-6H,1-4H3. The highest BCUT2D eigenvalue weighted by Gasteiger charge is 2.31. The molecule has 3 aromatic carbocycles. The number of hydrogen-bond acceptors (Lipinski definition) is 6. The first-order chi connectivity index (χ1) is 18.0. The van der Waals surface area contributed by atoms with Crippen LogP contribution in [0.2, 0.25) is 10.0 Å². The minimum atomic E-state index is -0.187. The van der Waals surface area contributed by atoms with Crippen LogP contribution in [0.15, 0.2) is 40.7 Å². The van der Waals surface area contributed by atoms with Crippen LogP contribution in [0.5, 0.6) is 23.0 Å². The van der Waals surface area contributed by atoms with Gasteiger partial charge in [0, 0.05) is 34.3 Å². The molecule has 2 aromatic heterocycles. The number of hydrogen-bond donors (Lipinski definition) is 0. The first kappa shape index (κ1) is 24.0. The smallest absolute Gasteiger partial charge is 0.328 e. The Labute approximate surface area is 239 Å². The highest BCUT2D eigenvalue weighted by atomic mass is 79.9. The quantitative estimate of drug-likeness (QED) is 0.225. The predicted molar refractivity (Wildman–Crippen MR) is 150 cm³/mol. The predicted octanol–water partition coefficient (Wildman–Crippen LogP) is 5.01. The molecule has 0 N–H and O–H groups in total. The highest BCUT2D eigenvalue weighted by Crippen LogP contribution is 2.49. The molecule has 0 fully saturated rings. The second-order valence-electron chi connectivity index (χ2n) is 9.02. The van der Waals surface area contributed by atoms with Crippen molar-refractivity contribution in [3.05, 3.63) is 62.8 Å². The molecule has 0 saturated carbocycles. The summed E-state index contributed by atoms with van der Waals surface area (Å²) in [5, 5.41) is 0.867. The van der Waals surface area contributed by atoms with Crippen molar-refractivity contribution in [3.63, 3.8) is 0 Å². The molecule has 0 atom stereocenters. The third kappa shape index (κ3) is 2.83. The van der Waals surface area contributed by atoms with Crippen LogP contribution >= 0.6 is 55.1 Å². The third-order valence-electron chi connectivity index (χ3n) is 6.97. The van der Waals surface area contributed by atoms with Crippen molar-refractivity contribution in [1.29, 1.82) is 0 Å². The van der Waals surface area contributed by atoms with Gasteiger partial charge in [-0.15, -0.1) is 0 Å². The van der Waals surface area contributed by atoms with E-state index in [1.807, 2.05) is 0 Å². The van der Waals surface area contributed by atoms with Crippen molar-refractivity contribution >= 4 is 88.5 Å². The average molecular weight is 681 g/mol. The van der Waals surface area contributed by atoms with Gasteiger partial charge in [0.1, 0.15) is 32.1 Å². The Kier molecular flexibility index (Phi) is 4.90. The summed E-state index contributed by atoms with van der Waals surface area (Å²) in [7, 11) is 6.74. The Morgan fingerprint density at radius 2 is 1.24 bits per heavy atom. The van der Waals surface area contributed by atoms with Gasteiger partial charge in [0.2, 0.25) is 0 Å². The fraction of sp³-hybridized carbons (Fsp3) is 0.167. The van der Waals surface area contributed by atoms with Crippen molar-refractivity contribution in [1.82, 2.24) is 18.3 Å². The molecule has 0 saturated heterocycles. The molecule has 5 aromatic rings. The maximum Gasteiger partial charge on any atom is 0.328 e. The van der Waals surface area contributed by atoms with Crippen LogP contribution in [0.4, 0.5) is 11.4 Å². The van der Waals surface area contributed by atoms with E-state index < -0.39 is 0 Å². The lowest BCUT2D eigenvalue weighted by atomic mass is 10.2. The molecule has 0 spiro atoms. The minimum absolute atomic E-state index is 0.155. The van der Waals surface area contributed by atoms with Gasteiger partial charge in [-0.3, -0.25) is 18.3 Å². The van der Waals surface area contributed by atoms with Gasteiger partial charge in [-0.25, -0.2) is 19.6 Å². The van der Waals surface area contributed by atoms with E-state index in [2.05, 4.69) is 31.9 Å². The number of aromatic nitrogens is 4. The number of nitrogens with zero attached hydrogens (tertiary/aromatic N) is 6. The molecule has 0 bridgehead atoms. The summed E-state index contributed by atoms with van der Waals surface area (Å²) in [6.45, 7) is 0. The molecule has 0 aliphatic carbocycles. The van der Waals surface area contributed by atoms with Crippen molar-refractivity contribution in [2.75, 3.05) is 0 Å². The van der Waals surface area contributed by atoms with Gasteiger partial charge in [-0.2, -0.15) is 0 Å². The Bertz CT molecular complexity index is 2230. The Balaban J connectivity index is 1.53. The molecule has 0 unspecified atom stereocenters. The number of halogens is 4. The van der Waals surface area contributed by atoms with E-state index in [-0.39, 0.29) is 43.6 Å². The van der Waals surface area contributed by atoms with Gasteiger partial charge in [0.25, 0.3) is 0 Å². The topological polar surface area (TPSA) is 97.0 Å². The van der Waals surface area contributed by atoms with Crippen LogP contribution in [-0.4, -0.2) is 18.3 Å². The van der Waals surface area contributed by atoms with Gasteiger partial charge in [0.15, 0.2) is 23.0 Å². The highest BCUT2D eigenvalue weighted by molar-refractivity contribution is 9.11. The molecule has 2 aliphatic rings. The Morgan fingerprint density at radius 3 is 1.87 bits per heavy atom. The van der Waals surface area contributed by atoms with E-state index in [9.17, 15) is 9.59 Å². The lowest BCUT2D eigenvalue weighted by molar-refractivity contribution is 0.450. The first-order valence-electron chi connectivity index (χ1n) is 11.1. The molecule has 38 heavy (non-hydrogen) atoms. The van der Waals surface area contributed by atoms with E-state index in [4.69, 9.17) is 42.7 Å². The number of imidazole rings is 2. The van der Waals surface area contributed by atoms with Gasteiger partial charge in [0.05, 0.1) is 31.0 Å². The Hall–Kier alpha value is -3.06. The number of ether oxygens (including phenoxy) is 2. The van der Waals surface area contributed by atoms with E-state index in [0.717, 1.165) is 0 Å². The minimum Gasteiger partial charge on any atom is -0.451 e. The molecule has 192 valence electrons. The van der Waals surface area contributed by atoms with E-state index in [1.54, 1.807) is 40.3 Å². The maximum absolute atomic E-state index is 12.6. The summed E-state index contributed by atoms with van der Waals surface area (Å²) in [6.07, 6.45) is 0. The van der Waals surface area contributed by atoms with Gasteiger partial charge in [-0.05, 0) is 37.9 Å². The van der Waals surface area contributed by atoms with Crippen molar-refractivity contribution in [3.8, 4) is 23.0 Å². The zero-order valence-corrected chi connectivity index (χ0v) is 24.7. The molecule has 7 rings (SSSR count). The normalized spacial score (nSPS) is 13.3. The molecule has 2 aliphatic heterocycles. The summed E-state index contributed by atoms with van der Waals surface area (Å²) in [6, 6.07) is 3.49. The van der Waals surface area contributed by atoms with Gasteiger partial charge >= 0.3 is 11.4 Å². The van der Waals surface area contributed by atoms with Crippen LogP contribution in [0, 0.1) is 0 Å². The average Bonchev–Trinajstić information content (AvgIpc) is 3.25. The Morgan fingerprint density at radius 1 is 0.711 bits per heavy atom. The molecular weight excluding hydrogens is 667 g/mol. The second kappa shape index (κ2) is 7.75. The zero-order valence-electron chi connectivity index (χ0n) is 20.0. The fourth-order valence-electron chi connectivity index (χ4n) is 5.00. The number of rotatable bonds is 0. The van der Waals surface area contributed by atoms with Crippen molar-refractivity contribution in [2.24, 2.45) is 38.2 Å². The van der Waals surface area contributed by atoms with Gasteiger partial charge < -0.3 is 9.47 Å². The summed E-state index contributed by atoms with van der Waals surface area (Å²) >= 11 is 20.9. The molecule has 10 nitrogen and oxygen atoms in total. The van der Waals surface area contributed by atoms with Gasteiger partial charge in [-0.1, -0.05) is 23.2 Å². The monoisotopic (exact) mass is 678 g/mol. The largest absolute Gasteiger partial charge is 0.451 e. The third-order valence-corrected chi connectivity index (χ3v) is 9.16. The van der Waals surface area contributed by atoms with Crippen LogP contribution in [0.25, 0.3) is 22.1 Å². The lowest BCUT2D eigenvalue weighted by Gasteiger charge is -2.22. The SMILES string of the molecule is Cn1c(=O)n(C)c2c(Br)c3c(cc21)Oc1c(Cl)c2c(c(Cl)c1=N3)Oc1c(cc3c(c1Br)n(C)c(=O)n3C)N=2. The lowest BCUT2D eigenvalue weighted by Crippen LogP contribution is -2.22. The summed E-state index contributed by atoms with van der Waals surface area (Å²) in [5.74, 6) is 1.22. The molecule has 4 heterocycles. The molecule has 14 heteroatoms. The summed E-state index contributed by atoms with van der Waals surface area (Å²) in [5.41, 5.74) is 3.19. The van der Waals surface area contributed by atoms with Crippen LogP contribution in [-0.2, 0) is 28.2 Å². The summed E-state index contributed by atoms with van der Waals surface area (Å²) < 4.78 is 19.7. The van der Waals surface area contributed by atoms with E-state index in [1.165, 1.54) is 18.3 Å². The second-order valence-corrected chi connectivity index (χ2v) is 11.4. The summed E-state index contributed by atoms with van der Waals surface area (Å²) in [4.78, 5) is 34.6. The molecule has 0 radical (unpaired) electrons. The number of aryl methyl sites for hydroxylation is 4. The van der Waals surface area contributed by atoms with E-state index in [0.29, 0.717) is 53.9 Å². The molecule has 0 amide bonds. The van der Waals surface area contributed by atoms with E-state index >= 15 is 0 Å². The first-order valence-corrected chi connectivity index (χ1v) is 13.4. The molecular formula is C24H14Br2Cl2N6O4. The van der Waals surface area contributed by atoms with Crippen LogP contribution in [0.3, 0.4) is 0 Å². The van der Waals surface area contributed by atoms with Crippen molar-refractivity contribution in [2.45, 2.75) is 0 Å². The van der Waals surface area contributed by atoms with Crippen molar-refractivity contribution < 1.29 is 9.47 Å². The number of benzene rings is 3. The van der Waals surface area contributed by atoms with Crippen LogP contribution < -0.4 is 31.6 Å². The maximum atomic E-state index is 12.6. The number of fused-ring (bicyclic) bond motifs is 6. The fourth-order valence-corrected chi connectivity index (χ4v) is 7.02.